The molecule has 22 heavy (non-hydrogen) atoms. The van der Waals surface area contributed by atoms with Gasteiger partial charge in [0.15, 0.2) is 0 Å². The monoisotopic (exact) mass is 311 g/mol. The average Bonchev–Trinajstić information content (AvgIpc) is 2.87. The van der Waals surface area contributed by atoms with Crippen molar-refractivity contribution >= 4 is 35.3 Å². The van der Waals surface area contributed by atoms with Gasteiger partial charge in [-0.05, 0) is 23.4 Å². The van der Waals surface area contributed by atoms with Gasteiger partial charge in [0.2, 0.25) is 0 Å². The summed E-state index contributed by atoms with van der Waals surface area (Å²) in [7, 11) is 0. The van der Waals surface area contributed by atoms with Crippen LogP contribution in [0, 0.1) is 0 Å². The first-order chi connectivity index (χ1) is 10.7. The van der Waals surface area contributed by atoms with Crippen LogP contribution in [0.25, 0.3) is 6.08 Å². The fourth-order valence-corrected chi connectivity index (χ4v) is 2.34. The number of carbonyl (C=O) groups is 3. The second-order valence-corrected chi connectivity index (χ2v) is 5.31. The van der Waals surface area contributed by atoms with Crippen molar-refractivity contribution in [2.45, 2.75) is 0 Å². The highest BCUT2D eigenvalue weighted by Gasteiger charge is 2.24. The summed E-state index contributed by atoms with van der Waals surface area (Å²) in [5.74, 6) is -0.316. The fraction of sp³-hybridized carbons (Fsp3) is 0. The van der Waals surface area contributed by atoms with Crippen LogP contribution in [-0.2, 0) is 4.79 Å². The number of amides is 2. The lowest BCUT2D eigenvalue weighted by Crippen LogP contribution is -2.17. The van der Waals surface area contributed by atoms with Gasteiger partial charge in [0.25, 0.3) is 11.1 Å². The second kappa shape index (κ2) is 7.95. The fourth-order valence-electron chi connectivity index (χ4n) is 1.65. The molecule has 2 aromatic carbocycles. The quantitative estimate of drug-likeness (QED) is 0.681. The lowest BCUT2D eigenvalue weighted by Gasteiger charge is -1.92. The van der Waals surface area contributed by atoms with Crippen molar-refractivity contribution in [1.29, 1.82) is 0 Å². The van der Waals surface area contributed by atoms with E-state index < -0.39 is 0 Å². The van der Waals surface area contributed by atoms with Crippen molar-refractivity contribution < 1.29 is 14.4 Å². The first-order valence-corrected chi connectivity index (χ1v) is 7.31. The standard InChI is InChI=1S/C10H7NO2S.C7H6O/c12-9-8(14-10(13)11-9)6-7-4-2-1-3-5-7;8-6-7-4-2-1-3-5-7/h1-6H,(H,11,12,13);1-6H/b8-6-;. The molecule has 1 fully saturated rings. The largest absolute Gasteiger partial charge is 0.298 e. The van der Waals surface area contributed by atoms with Crippen molar-refractivity contribution in [1.82, 2.24) is 5.32 Å². The van der Waals surface area contributed by atoms with E-state index in [0.717, 1.165) is 29.2 Å². The normalized spacial score (nSPS) is 15.0. The summed E-state index contributed by atoms with van der Waals surface area (Å²) in [4.78, 5) is 32.5. The van der Waals surface area contributed by atoms with E-state index in [0.29, 0.717) is 4.91 Å². The van der Waals surface area contributed by atoms with Crippen LogP contribution < -0.4 is 5.32 Å². The van der Waals surface area contributed by atoms with Crippen molar-refractivity contribution in [3.63, 3.8) is 0 Å². The number of nitrogens with one attached hydrogen (secondary N) is 1. The summed E-state index contributed by atoms with van der Waals surface area (Å²) in [6.07, 6.45) is 2.53. The summed E-state index contributed by atoms with van der Waals surface area (Å²) < 4.78 is 0. The first-order valence-electron chi connectivity index (χ1n) is 6.49. The van der Waals surface area contributed by atoms with Crippen LogP contribution in [0.1, 0.15) is 15.9 Å². The van der Waals surface area contributed by atoms with Gasteiger partial charge in [0, 0.05) is 5.56 Å². The van der Waals surface area contributed by atoms with E-state index in [1.165, 1.54) is 0 Å². The number of carbonyl (C=O) groups excluding carboxylic acids is 3. The Morgan fingerprint density at radius 2 is 1.36 bits per heavy atom. The molecule has 1 heterocycles. The third-order valence-corrected chi connectivity index (χ3v) is 3.49. The Bertz CT molecular complexity index is 696. The summed E-state index contributed by atoms with van der Waals surface area (Å²) >= 11 is 0.930. The summed E-state index contributed by atoms with van der Waals surface area (Å²) in [5, 5.41) is 1.90. The molecule has 3 rings (SSSR count). The number of benzene rings is 2. The Morgan fingerprint density at radius 1 is 0.818 bits per heavy atom. The predicted octanol–water partition coefficient (Wildman–Crippen LogP) is 3.51. The van der Waals surface area contributed by atoms with Gasteiger partial charge in [0.05, 0.1) is 4.91 Å². The summed E-state index contributed by atoms with van der Waals surface area (Å²) in [6.45, 7) is 0. The second-order valence-electron chi connectivity index (χ2n) is 4.29. The number of rotatable bonds is 2. The number of aldehydes is 1. The number of thioether (sulfide) groups is 1. The molecule has 2 aromatic rings. The number of hydrogen-bond acceptors (Lipinski definition) is 4. The Kier molecular flexibility index (Phi) is 5.68. The topological polar surface area (TPSA) is 63.2 Å². The molecular formula is C17H13NO3S. The molecule has 0 saturated carbocycles. The van der Waals surface area contributed by atoms with Crippen molar-refractivity contribution in [3.05, 3.63) is 76.7 Å². The molecule has 1 saturated heterocycles. The zero-order chi connectivity index (χ0) is 15.8. The Labute approximate surface area is 132 Å². The lowest BCUT2D eigenvalue weighted by atomic mass is 10.2. The van der Waals surface area contributed by atoms with Gasteiger partial charge in [-0.15, -0.1) is 0 Å². The van der Waals surface area contributed by atoms with Crippen LogP contribution in [0.3, 0.4) is 0 Å². The molecule has 0 atom stereocenters. The molecule has 2 amide bonds. The predicted molar refractivity (Wildman–Crippen MR) is 87.4 cm³/mol. The molecule has 0 spiro atoms. The van der Waals surface area contributed by atoms with E-state index in [9.17, 15) is 14.4 Å². The van der Waals surface area contributed by atoms with Gasteiger partial charge in [-0.2, -0.15) is 0 Å². The Morgan fingerprint density at radius 3 is 1.77 bits per heavy atom. The highest BCUT2D eigenvalue weighted by molar-refractivity contribution is 8.18. The van der Waals surface area contributed by atoms with Crippen molar-refractivity contribution in [2.24, 2.45) is 0 Å². The van der Waals surface area contributed by atoms with E-state index in [-0.39, 0.29) is 11.1 Å². The molecule has 1 N–H and O–H groups in total. The van der Waals surface area contributed by atoms with E-state index in [1.807, 2.05) is 48.5 Å². The highest BCUT2D eigenvalue weighted by atomic mass is 32.2. The van der Waals surface area contributed by atoms with Crippen molar-refractivity contribution in [3.8, 4) is 0 Å². The average molecular weight is 311 g/mol. The molecule has 1 aliphatic rings. The maximum atomic E-state index is 11.2. The van der Waals surface area contributed by atoms with E-state index in [1.54, 1.807) is 18.2 Å². The number of imide groups is 1. The molecule has 0 bridgehead atoms. The van der Waals surface area contributed by atoms with Crippen LogP contribution in [0.5, 0.6) is 0 Å². The van der Waals surface area contributed by atoms with Gasteiger partial charge in [-0.3, -0.25) is 19.7 Å². The van der Waals surface area contributed by atoms with Crippen LogP contribution in [0.4, 0.5) is 4.79 Å². The summed E-state index contributed by atoms with van der Waals surface area (Å²) in [6, 6.07) is 18.5. The van der Waals surface area contributed by atoms with Crippen molar-refractivity contribution in [2.75, 3.05) is 0 Å². The van der Waals surface area contributed by atoms with Gasteiger partial charge < -0.3 is 0 Å². The third kappa shape index (κ3) is 4.71. The maximum absolute atomic E-state index is 11.2. The third-order valence-electron chi connectivity index (χ3n) is 2.68. The Balaban J connectivity index is 0.000000188. The van der Waals surface area contributed by atoms with Crippen LogP contribution in [0.15, 0.2) is 65.6 Å². The van der Waals surface area contributed by atoms with Gasteiger partial charge in [0.1, 0.15) is 6.29 Å². The van der Waals surface area contributed by atoms with Gasteiger partial charge in [-0.25, -0.2) is 0 Å². The molecule has 5 heteroatoms. The van der Waals surface area contributed by atoms with Crippen LogP contribution in [0.2, 0.25) is 0 Å². The lowest BCUT2D eigenvalue weighted by molar-refractivity contribution is -0.115. The zero-order valence-corrected chi connectivity index (χ0v) is 12.4. The SMILES string of the molecule is O=C1NC(=O)/C(=C/c2ccccc2)S1.O=Cc1ccccc1. The van der Waals surface area contributed by atoms with Crippen LogP contribution >= 0.6 is 11.8 Å². The smallest absolute Gasteiger partial charge is 0.290 e. The molecule has 110 valence electrons. The minimum absolute atomic E-state index is 0.308. The van der Waals surface area contributed by atoms with E-state index >= 15 is 0 Å². The van der Waals surface area contributed by atoms with E-state index in [2.05, 4.69) is 5.32 Å². The molecule has 0 aromatic heterocycles. The first kappa shape index (κ1) is 15.7. The molecule has 0 unspecified atom stereocenters. The molecule has 0 radical (unpaired) electrons. The number of hydrogen-bond donors (Lipinski definition) is 1. The molecule has 4 nitrogen and oxygen atoms in total. The van der Waals surface area contributed by atoms with Crippen LogP contribution in [-0.4, -0.2) is 17.4 Å². The van der Waals surface area contributed by atoms with Gasteiger partial charge in [-0.1, -0.05) is 60.7 Å². The molecule has 1 aliphatic heterocycles. The molecule has 0 aliphatic carbocycles. The summed E-state index contributed by atoms with van der Waals surface area (Å²) in [5.41, 5.74) is 1.65. The maximum Gasteiger partial charge on any atom is 0.290 e. The minimum atomic E-state index is -0.316. The zero-order valence-electron chi connectivity index (χ0n) is 11.6. The molecular weight excluding hydrogens is 298 g/mol. The van der Waals surface area contributed by atoms with Gasteiger partial charge >= 0.3 is 0 Å². The van der Waals surface area contributed by atoms with E-state index in [4.69, 9.17) is 0 Å². The minimum Gasteiger partial charge on any atom is -0.298 e. The highest BCUT2D eigenvalue weighted by Crippen LogP contribution is 2.25. The Hall–Kier alpha value is -2.66.